The maximum absolute atomic E-state index is 13.1. The standard InChI is InChI=1S/C40H56O5/c1-25-17-22-40(35(42)43)24-23-38(6)29(34(40)26(25)2)14-15-31-37(5)20-19-32(36(3,4)30(37)18-21-39(31,38)7)45-33(41)16-11-27-9-12-28(44-8)13-10-27/h9-14,16,25-26,30-32,34H,15,17-24H2,1-8H3,(H,42,43)/b16-11+/t25-,26+,30?,31?,32+,34?,37+,38-,39-,40+/m1/s1. The molecule has 5 heteroatoms. The lowest BCUT2D eigenvalue weighted by Crippen LogP contribution is -2.65. The van der Waals surface area contributed by atoms with Gasteiger partial charge in [0.05, 0.1) is 12.5 Å². The van der Waals surface area contributed by atoms with Crippen molar-refractivity contribution >= 4 is 18.0 Å². The van der Waals surface area contributed by atoms with Gasteiger partial charge in [-0.05, 0) is 127 Å². The van der Waals surface area contributed by atoms with Crippen LogP contribution in [0.15, 0.2) is 42.0 Å². The second-order valence-electron chi connectivity index (χ2n) is 17.0. The van der Waals surface area contributed by atoms with E-state index in [1.54, 1.807) is 13.2 Å². The quantitative estimate of drug-likeness (QED) is 0.203. The van der Waals surface area contributed by atoms with Gasteiger partial charge >= 0.3 is 11.9 Å². The maximum Gasteiger partial charge on any atom is 0.331 e. The van der Waals surface area contributed by atoms with Gasteiger partial charge in [0.25, 0.3) is 0 Å². The van der Waals surface area contributed by atoms with E-state index in [4.69, 9.17) is 9.47 Å². The van der Waals surface area contributed by atoms with Gasteiger partial charge in [0.2, 0.25) is 0 Å². The van der Waals surface area contributed by atoms with E-state index in [2.05, 4.69) is 54.5 Å². The average Bonchev–Trinajstić information content (AvgIpc) is 2.99. The van der Waals surface area contributed by atoms with Crippen LogP contribution in [-0.2, 0) is 14.3 Å². The summed E-state index contributed by atoms with van der Waals surface area (Å²) in [5.41, 5.74) is 1.95. The Bertz CT molecular complexity index is 1390. The van der Waals surface area contributed by atoms with E-state index in [1.165, 1.54) is 5.57 Å². The van der Waals surface area contributed by atoms with Gasteiger partial charge in [-0.25, -0.2) is 4.79 Å². The number of fused-ring (bicyclic) bond motifs is 7. The van der Waals surface area contributed by atoms with Crippen molar-refractivity contribution in [2.45, 2.75) is 112 Å². The predicted molar refractivity (Wildman–Crippen MR) is 179 cm³/mol. The molecule has 0 amide bonds. The van der Waals surface area contributed by atoms with Crippen molar-refractivity contribution in [3.8, 4) is 5.75 Å². The number of hydrogen-bond acceptors (Lipinski definition) is 4. The number of rotatable bonds is 5. The first-order valence-electron chi connectivity index (χ1n) is 17.6. The van der Waals surface area contributed by atoms with Crippen molar-refractivity contribution in [2.24, 2.45) is 56.7 Å². The zero-order valence-corrected chi connectivity index (χ0v) is 28.9. The van der Waals surface area contributed by atoms with Crippen molar-refractivity contribution in [2.75, 3.05) is 7.11 Å². The summed E-state index contributed by atoms with van der Waals surface area (Å²) >= 11 is 0. The molecular weight excluding hydrogens is 560 g/mol. The lowest BCUT2D eigenvalue weighted by molar-refractivity contribution is -0.213. The molecule has 4 saturated carbocycles. The van der Waals surface area contributed by atoms with Gasteiger partial charge in [-0.3, -0.25) is 4.79 Å². The molecule has 4 fully saturated rings. The Labute approximate surface area is 271 Å². The largest absolute Gasteiger partial charge is 0.497 e. The molecule has 5 nitrogen and oxygen atoms in total. The topological polar surface area (TPSA) is 72.8 Å². The van der Waals surface area contributed by atoms with Gasteiger partial charge < -0.3 is 14.6 Å². The molecule has 1 aromatic rings. The SMILES string of the molecule is COc1ccc(/C=C/C(=O)O[C@H]2CC[C@@]3(C)C(CC[C@]4(C)C3CC=C3C5[C@@H](C)[C@H](C)CC[C@]5(C(=O)O)CC[C@]34C)C2(C)C)cc1. The number of carbonyl (C=O) groups is 2. The Morgan fingerprint density at radius 2 is 1.60 bits per heavy atom. The van der Waals surface area contributed by atoms with E-state index in [9.17, 15) is 14.7 Å². The molecule has 3 unspecified atom stereocenters. The zero-order valence-electron chi connectivity index (χ0n) is 28.9. The molecule has 10 atom stereocenters. The zero-order chi connectivity index (χ0) is 32.6. The molecular formula is C40H56O5. The lowest BCUT2D eigenvalue weighted by Gasteiger charge is -2.71. The number of aliphatic carboxylic acids is 1. The number of esters is 1. The third-order valence-corrected chi connectivity index (χ3v) is 15.1. The summed E-state index contributed by atoms with van der Waals surface area (Å²) in [6, 6.07) is 7.66. The second kappa shape index (κ2) is 11.0. The molecule has 6 rings (SSSR count). The minimum absolute atomic E-state index is 0.0124. The van der Waals surface area contributed by atoms with Crippen LogP contribution in [0.4, 0.5) is 0 Å². The van der Waals surface area contributed by atoms with Crippen molar-refractivity contribution in [1.82, 2.24) is 0 Å². The Balaban J connectivity index is 1.25. The van der Waals surface area contributed by atoms with E-state index >= 15 is 0 Å². The van der Waals surface area contributed by atoms with Crippen LogP contribution < -0.4 is 4.74 Å². The highest BCUT2D eigenvalue weighted by atomic mass is 16.5. The van der Waals surface area contributed by atoms with Crippen LogP contribution in [0.2, 0.25) is 0 Å². The van der Waals surface area contributed by atoms with E-state index in [0.29, 0.717) is 23.7 Å². The molecule has 5 aliphatic rings. The van der Waals surface area contributed by atoms with Crippen molar-refractivity contribution < 1.29 is 24.2 Å². The molecule has 0 spiro atoms. The Morgan fingerprint density at radius 1 is 0.889 bits per heavy atom. The molecule has 0 saturated heterocycles. The third kappa shape index (κ3) is 4.67. The van der Waals surface area contributed by atoms with E-state index in [0.717, 1.165) is 69.1 Å². The number of methoxy groups -OCH3 is 1. The number of allylic oxidation sites excluding steroid dienone is 2. The van der Waals surface area contributed by atoms with Gasteiger partial charge in [0.15, 0.2) is 0 Å². The summed E-state index contributed by atoms with van der Waals surface area (Å²) in [4.78, 5) is 26.1. The summed E-state index contributed by atoms with van der Waals surface area (Å²) < 4.78 is 11.5. The van der Waals surface area contributed by atoms with Crippen molar-refractivity contribution in [1.29, 1.82) is 0 Å². The first-order chi connectivity index (χ1) is 21.1. The number of carboxylic acid groups (broad SMARTS) is 1. The van der Waals surface area contributed by atoms with Crippen molar-refractivity contribution in [3.05, 3.63) is 47.6 Å². The van der Waals surface area contributed by atoms with Gasteiger partial charge in [0, 0.05) is 11.5 Å². The fraction of sp³-hybridized carbons (Fsp3) is 0.700. The van der Waals surface area contributed by atoms with Gasteiger partial charge in [0.1, 0.15) is 11.9 Å². The van der Waals surface area contributed by atoms with Crippen LogP contribution in [0.3, 0.4) is 0 Å². The van der Waals surface area contributed by atoms with Crippen LogP contribution in [0.5, 0.6) is 5.75 Å². The molecule has 0 aliphatic heterocycles. The minimum atomic E-state index is -0.604. The predicted octanol–water partition coefficient (Wildman–Crippen LogP) is 9.36. The first kappa shape index (κ1) is 32.4. The second-order valence-corrected chi connectivity index (χ2v) is 17.0. The number of carboxylic acids is 1. The summed E-state index contributed by atoms with van der Waals surface area (Å²) in [5, 5.41) is 10.7. The number of hydrogen-bond donors (Lipinski definition) is 1. The third-order valence-electron chi connectivity index (χ3n) is 15.1. The van der Waals surface area contributed by atoms with Gasteiger partial charge in [-0.15, -0.1) is 0 Å². The summed E-state index contributed by atoms with van der Waals surface area (Å²) in [6.45, 7) is 17.0. The van der Waals surface area contributed by atoms with Crippen LogP contribution >= 0.6 is 0 Å². The monoisotopic (exact) mass is 616 g/mol. The average molecular weight is 617 g/mol. The van der Waals surface area contributed by atoms with Crippen LogP contribution in [0.1, 0.15) is 112 Å². The van der Waals surface area contributed by atoms with Crippen LogP contribution in [0.25, 0.3) is 6.08 Å². The highest BCUT2D eigenvalue weighted by Gasteiger charge is 2.69. The molecule has 1 N–H and O–H groups in total. The summed E-state index contributed by atoms with van der Waals surface area (Å²) in [5.74, 6) is 2.00. The normalized spacial score (nSPS) is 43.6. The smallest absolute Gasteiger partial charge is 0.331 e. The molecule has 1 aromatic carbocycles. The lowest BCUT2D eigenvalue weighted by atomic mass is 9.33. The Kier molecular flexibility index (Phi) is 7.93. The van der Waals surface area contributed by atoms with Crippen LogP contribution in [-0.4, -0.2) is 30.3 Å². The van der Waals surface area contributed by atoms with Gasteiger partial charge in [-0.1, -0.05) is 72.2 Å². The van der Waals surface area contributed by atoms with Crippen molar-refractivity contribution in [3.63, 3.8) is 0 Å². The molecule has 246 valence electrons. The highest BCUT2D eigenvalue weighted by Crippen LogP contribution is 2.75. The molecule has 45 heavy (non-hydrogen) atoms. The molecule has 0 bridgehead atoms. The number of ether oxygens (including phenoxy) is 2. The highest BCUT2D eigenvalue weighted by molar-refractivity contribution is 5.87. The molecule has 0 radical (unpaired) electrons. The summed E-state index contributed by atoms with van der Waals surface area (Å²) in [6.07, 6.45) is 14.6. The maximum atomic E-state index is 13.1. The summed E-state index contributed by atoms with van der Waals surface area (Å²) in [7, 11) is 1.65. The Morgan fingerprint density at radius 3 is 2.27 bits per heavy atom. The van der Waals surface area contributed by atoms with E-state index < -0.39 is 11.4 Å². The number of carbonyl (C=O) groups excluding carboxylic acids is 1. The molecule has 0 aromatic heterocycles. The molecule has 5 aliphatic carbocycles. The first-order valence-corrected chi connectivity index (χ1v) is 17.6. The number of benzene rings is 1. The Hall–Kier alpha value is -2.56. The fourth-order valence-corrected chi connectivity index (χ4v) is 12.1. The minimum Gasteiger partial charge on any atom is -0.497 e. The van der Waals surface area contributed by atoms with Crippen LogP contribution in [0, 0.1) is 56.7 Å². The van der Waals surface area contributed by atoms with E-state index in [1.807, 2.05) is 30.3 Å². The van der Waals surface area contributed by atoms with Gasteiger partial charge in [-0.2, -0.15) is 0 Å². The fourth-order valence-electron chi connectivity index (χ4n) is 12.1. The van der Waals surface area contributed by atoms with E-state index in [-0.39, 0.29) is 39.7 Å². The molecule has 0 heterocycles.